The van der Waals surface area contributed by atoms with E-state index in [1.807, 2.05) is 26.2 Å². The Kier molecular flexibility index (Phi) is 5.78. The van der Waals surface area contributed by atoms with E-state index in [2.05, 4.69) is 27.3 Å². The molecule has 0 N–H and O–H groups in total. The maximum absolute atomic E-state index is 13.1. The lowest BCUT2D eigenvalue weighted by Crippen LogP contribution is -2.25. The van der Waals surface area contributed by atoms with E-state index in [0.29, 0.717) is 22.8 Å². The topological polar surface area (TPSA) is 92.2 Å². The molecule has 162 valence electrons. The number of hydrogen-bond acceptors (Lipinski definition) is 11. The van der Waals surface area contributed by atoms with E-state index in [9.17, 15) is 9.59 Å². The maximum Gasteiger partial charge on any atom is 0.230 e. The average molecular weight is 475 g/mol. The maximum atomic E-state index is 13.1. The second-order valence-corrected chi connectivity index (χ2v) is 10.2. The standard InChI is InChI=1S/C20H22N6O2S3/c1-25-9-3-5-11(25)15-19(27)17(23-30-21-15)13-7-8-14(29-13)18-20(28)16(22-31-24-18)12-6-4-10-26(12)2/h7-8,11-12H,3-6,9-10H2,1-2H3. The van der Waals surface area contributed by atoms with E-state index in [-0.39, 0.29) is 22.9 Å². The third-order valence-electron chi connectivity index (χ3n) is 6.18. The summed E-state index contributed by atoms with van der Waals surface area (Å²) in [5, 5.41) is 0. The summed E-state index contributed by atoms with van der Waals surface area (Å²) >= 11 is 3.52. The molecular formula is C20H22N6O2S3. The van der Waals surface area contributed by atoms with E-state index >= 15 is 0 Å². The van der Waals surface area contributed by atoms with Gasteiger partial charge in [0.25, 0.3) is 0 Å². The lowest BCUT2D eigenvalue weighted by molar-refractivity contribution is 0.311. The fourth-order valence-corrected chi connectivity index (χ4v) is 6.75. The van der Waals surface area contributed by atoms with E-state index in [1.165, 1.54) is 11.3 Å². The van der Waals surface area contributed by atoms with Crippen LogP contribution < -0.4 is 10.9 Å². The second-order valence-electron chi connectivity index (χ2n) is 8.10. The van der Waals surface area contributed by atoms with Crippen molar-refractivity contribution in [3.8, 4) is 21.1 Å². The molecule has 8 nitrogen and oxygen atoms in total. The molecule has 0 saturated carbocycles. The van der Waals surface area contributed by atoms with Crippen LogP contribution in [0.5, 0.6) is 0 Å². The zero-order valence-corrected chi connectivity index (χ0v) is 19.7. The zero-order chi connectivity index (χ0) is 21.5. The summed E-state index contributed by atoms with van der Waals surface area (Å²) in [6.07, 6.45) is 4.00. The minimum Gasteiger partial charge on any atom is -0.298 e. The summed E-state index contributed by atoms with van der Waals surface area (Å²) in [5.41, 5.74) is 1.73. The van der Waals surface area contributed by atoms with Crippen LogP contribution in [0.2, 0.25) is 0 Å². The molecule has 0 amide bonds. The monoisotopic (exact) mass is 474 g/mol. The van der Waals surface area contributed by atoms with Gasteiger partial charge in [0.1, 0.15) is 22.8 Å². The largest absolute Gasteiger partial charge is 0.298 e. The Balaban J connectivity index is 1.51. The van der Waals surface area contributed by atoms with Crippen molar-refractivity contribution in [2.75, 3.05) is 27.2 Å². The van der Waals surface area contributed by atoms with Crippen LogP contribution in [0.4, 0.5) is 0 Å². The Hall–Kier alpha value is -1.92. The van der Waals surface area contributed by atoms with Gasteiger partial charge in [-0.15, -0.1) is 11.3 Å². The molecular weight excluding hydrogens is 452 g/mol. The van der Waals surface area contributed by atoms with Gasteiger partial charge in [-0.2, -0.15) is 17.5 Å². The van der Waals surface area contributed by atoms with Crippen LogP contribution in [0.3, 0.4) is 0 Å². The molecule has 5 heterocycles. The molecule has 2 aliphatic heterocycles. The van der Waals surface area contributed by atoms with Crippen molar-refractivity contribution < 1.29 is 0 Å². The Bertz CT molecular complexity index is 1130. The Morgan fingerprint density at radius 3 is 1.61 bits per heavy atom. The van der Waals surface area contributed by atoms with Gasteiger partial charge >= 0.3 is 0 Å². The number of aromatic nitrogens is 4. The normalized spacial score (nSPS) is 22.4. The number of thiophene rings is 1. The minimum absolute atomic E-state index is 0.0489. The SMILES string of the molecule is CN1CCCC1c1nsnc(-c2ccc(-c3nsnc(C4CCCN4C)c3=O)s2)c1=O. The van der Waals surface area contributed by atoms with Gasteiger partial charge in [-0.1, -0.05) is 0 Å². The molecule has 2 aliphatic rings. The van der Waals surface area contributed by atoms with Gasteiger partial charge in [0.05, 0.1) is 45.3 Å². The van der Waals surface area contributed by atoms with Crippen molar-refractivity contribution >= 4 is 34.8 Å². The van der Waals surface area contributed by atoms with Gasteiger partial charge < -0.3 is 0 Å². The highest BCUT2D eigenvalue weighted by Crippen LogP contribution is 2.34. The highest BCUT2D eigenvalue weighted by molar-refractivity contribution is 7.19. The highest BCUT2D eigenvalue weighted by Gasteiger charge is 2.29. The number of likely N-dealkylation sites (tertiary alicyclic amines) is 2. The van der Waals surface area contributed by atoms with E-state index < -0.39 is 0 Å². The van der Waals surface area contributed by atoms with Crippen molar-refractivity contribution in [2.45, 2.75) is 37.8 Å². The fraction of sp³-hybridized carbons (Fsp3) is 0.500. The predicted octanol–water partition coefficient (Wildman–Crippen LogP) is 3.04. The zero-order valence-electron chi connectivity index (χ0n) is 17.3. The van der Waals surface area contributed by atoms with Crippen LogP contribution in [0.25, 0.3) is 21.1 Å². The first-order valence-electron chi connectivity index (χ1n) is 10.3. The van der Waals surface area contributed by atoms with Crippen molar-refractivity contribution in [2.24, 2.45) is 0 Å². The Labute approximate surface area is 191 Å². The number of rotatable bonds is 4. The summed E-state index contributed by atoms with van der Waals surface area (Å²) < 4.78 is 17.3. The summed E-state index contributed by atoms with van der Waals surface area (Å²) in [6.45, 7) is 1.94. The van der Waals surface area contributed by atoms with Crippen LogP contribution in [-0.4, -0.2) is 54.5 Å². The Morgan fingerprint density at radius 1 is 0.774 bits per heavy atom. The number of nitrogens with zero attached hydrogens (tertiary/aromatic N) is 6. The van der Waals surface area contributed by atoms with Gasteiger partial charge in [-0.25, -0.2) is 0 Å². The summed E-state index contributed by atoms with van der Waals surface area (Å²) in [5.74, 6) is 0. The van der Waals surface area contributed by atoms with Crippen LogP contribution in [0.1, 0.15) is 49.2 Å². The molecule has 0 spiro atoms. The molecule has 3 aromatic heterocycles. The van der Waals surface area contributed by atoms with Gasteiger partial charge in [0, 0.05) is 0 Å². The highest BCUT2D eigenvalue weighted by atomic mass is 32.1. The van der Waals surface area contributed by atoms with E-state index in [1.54, 1.807) is 0 Å². The average Bonchev–Trinajstić information content (AvgIpc) is 3.50. The van der Waals surface area contributed by atoms with Crippen molar-refractivity contribution in [1.82, 2.24) is 27.3 Å². The molecule has 5 rings (SSSR count). The molecule has 2 unspecified atom stereocenters. The van der Waals surface area contributed by atoms with Gasteiger partial charge in [0.2, 0.25) is 10.9 Å². The molecule has 0 radical (unpaired) electrons. The Morgan fingerprint density at radius 2 is 1.23 bits per heavy atom. The molecule has 0 aliphatic carbocycles. The smallest absolute Gasteiger partial charge is 0.230 e. The van der Waals surface area contributed by atoms with Gasteiger partial charge in [-0.3, -0.25) is 19.4 Å². The first kappa shape index (κ1) is 21.0. The lowest BCUT2D eigenvalue weighted by Gasteiger charge is -2.17. The number of hydrogen-bond donors (Lipinski definition) is 0. The van der Waals surface area contributed by atoms with Crippen LogP contribution >= 0.6 is 34.8 Å². The molecule has 11 heteroatoms. The van der Waals surface area contributed by atoms with E-state index in [0.717, 1.165) is 72.0 Å². The predicted molar refractivity (Wildman–Crippen MR) is 124 cm³/mol. The molecule has 0 bridgehead atoms. The van der Waals surface area contributed by atoms with Crippen LogP contribution in [0.15, 0.2) is 21.7 Å². The quantitative estimate of drug-likeness (QED) is 0.570. The third-order valence-corrected chi connectivity index (χ3v) is 8.37. The van der Waals surface area contributed by atoms with Crippen LogP contribution in [0, 0.1) is 0 Å². The summed E-state index contributed by atoms with van der Waals surface area (Å²) in [7, 11) is 4.05. The minimum atomic E-state index is -0.119. The molecule has 0 aromatic carbocycles. The van der Waals surface area contributed by atoms with Crippen molar-refractivity contribution in [3.63, 3.8) is 0 Å². The fourth-order valence-electron chi connectivity index (χ4n) is 4.46. The summed E-state index contributed by atoms with van der Waals surface area (Å²) in [6, 6.07) is 3.80. The molecule has 3 aromatic rings. The molecule has 2 saturated heterocycles. The van der Waals surface area contributed by atoms with Gasteiger partial charge in [-0.05, 0) is 65.0 Å². The summed E-state index contributed by atoms with van der Waals surface area (Å²) in [4.78, 5) is 32.1. The van der Waals surface area contributed by atoms with Crippen molar-refractivity contribution in [1.29, 1.82) is 0 Å². The molecule has 2 fully saturated rings. The van der Waals surface area contributed by atoms with Crippen LogP contribution in [-0.2, 0) is 0 Å². The second kappa shape index (κ2) is 8.55. The van der Waals surface area contributed by atoms with Gasteiger partial charge in [0.15, 0.2) is 0 Å². The third kappa shape index (κ3) is 3.78. The van der Waals surface area contributed by atoms with E-state index in [4.69, 9.17) is 0 Å². The first-order chi connectivity index (χ1) is 15.0. The molecule has 2 atom stereocenters. The first-order valence-corrected chi connectivity index (χ1v) is 12.6. The lowest BCUT2D eigenvalue weighted by atomic mass is 10.1. The van der Waals surface area contributed by atoms with Crippen molar-refractivity contribution in [3.05, 3.63) is 44.0 Å². The molecule has 31 heavy (non-hydrogen) atoms.